The summed E-state index contributed by atoms with van der Waals surface area (Å²) >= 11 is 0. The minimum absolute atomic E-state index is 0.0192. The molecule has 0 unspecified atom stereocenters. The minimum Gasteiger partial charge on any atom is -0.503 e. The molecule has 1 N–H and O–H groups in total. The summed E-state index contributed by atoms with van der Waals surface area (Å²) in [4.78, 5) is 27.6. The lowest BCUT2D eigenvalue weighted by atomic mass is 9.98. The number of carbonyl (C=O) groups is 1. The van der Waals surface area contributed by atoms with E-state index in [9.17, 15) is 23.5 Å². The van der Waals surface area contributed by atoms with Crippen molar-refractivity contribution >= 4 is 5.91 Å². The number of aryl methyl sites for hydroxylation is 2. The lowest BCUT2D eigenvalue weighted by Crippen LogP contribution is -2.59. The molecule has 5 rings (SSSR count). The van der Waals surface area contributed by atoms with Crippen molar-refractivity contribution in [3.8, 4) is 5.75 Å². The normalized spacial score (nSPS) is 24.6. The van der Waals surface area contributed by atoms with Crippen molar-refractivity contribution in [1.82, 2.24) is 9.47 Å². The average molecular weight is 430 g/mol. The third kappa shape index (κ3) is 3.43. The Morgan fingerprint density at radius 3 is 2.74 bits per heavy atom. The Kier molecular flexibility index (Phi) is 5.04. The van der Waals surface area contributed by atoms with Gasteiger partial charge in [0.25, 0.3) is 5.91 Å². The second-order valence-corrected chi connectivity index (χ2v) is 8.68. The minimum atomic E-state index is -0.633. The summed E-state index contributed by atoms with van der Waals surface area (Å²) in [7, 11) is 0. The average Bonchev–Trinajstić information content (AvgIpc) is 3.21. The van der Waals surface area contributed by atoms with Crippen LogP contribution >= 0.6 is 0 Å². The maximum atomic E-state index is 13.8. The maximum absolute atomic E-state index is 13.8. The Morgan fingerprint density at radius 1 is 1.13 bits per heavy atom. The van der Waals surface area contributed by atoms with Crippen LogP contribution in [0.5, 0.6) is 5.75 Å². The molecule has 164 valence electrons. The number of hydrogen-bond acceptors (Lipinski definition) is 4. The number of amides is 1. The highest BCUT2D eigenvalue weighted by atomic mass is 19.1. The highest BCUT2D eigenvalue weighted by Crippen LogP contribution is 2.39. The summed E-state index contributed by atoms with van der Waals surface area (Å²) in [5.74, 6) is -1.83. The van der Waals surface area contributed by atoms with Crippen LogP contribution in [-0.4, -0.2) is 39.4 Å². The van der Waals surface area contributed by atoms with Crippen LogP contribution < -0.4 is 5.43 Å². The molecule has 3 aliphatic rings. The standard InChI is InChI=1S/C23H24F2N2O4/c24-16-8-7-13(17(25)9-16)3-1-4-14-10-26-11-19-27(18-6-2-5-15(18)12-31-19)23(30)20(26)22(29)21(14)28/h7-10,15,18-19,29H,1-6,11-12H2/t15-,18-,19+/m0/s1. The van der Waals surface area contributed by atoms with Crippen LogP contribution in [0.3, 0.4) is 0 Å². The largest absolute Gasteiger partial charge is 0.503 e. The zero-order valence-electron chi connectivity index (χ0n) is 17.0. The summed E-state index contributed by atoms with van der Waals surface area (Å²) in [6, 6.07) is 3.53. The number of rotatable bonds is 4. The first-order valence-corrected chi connectivity index (χ1v) is 10.8. The molecule has 1 amide bonds. The van der Waals surface area contributed by atoms with Crippen molar-refractivity contribution in [2.24, 2.45) is 5.92 Å². The van der Waals surface area contributed by atoms with Gasteiger partial charge in [-0.3, -0.25) is 9.59 Å². The SMILES string of the molecule is O=C1c2c(O)c(=O)c(CCCc3ccc(F)cc3F)cn2C[C@H]2OC[C@@H]3CCC[C@@H]3N12. The van der Waals surface area contributed by atoms with Crippen molar-refractivity contribution in [3.63, 3.8) is 0 Å². The molecule has 2 fully saturated rings. The van der Waals surface area contributed by atoms with E-state index in [4.69, 9.17) is 4.74 Å². The molecule has 1 aliphatic carbocycles. The van der Waals surface area contributed by atoms with Crippen LogP contribution in [0.15, 0.2) is 29.2 Å². The Labute approximate surface area is 178 Å². The highest BCUT2D eigenvalue weighted by molar-refractivity contribution is 5.96. The number of carbonyl (C=O) groups excluding carboxylic acids is 1. The summed E-state index contributed by atoms with van der Waals surface area (Å²) in [5, 5.41) is 10.6. The van der Waals surface area contributed by atoms with Gasteiger partial charge < -0.3 is 19.3 Å². The second-order valence-electron chi connectivity index (χ2n) is 8.68. The molecule has 1 aromatic heterocycles. The number of ether oxygens (including phenoxy) is 1. The third-order valence-corrected chi connectivity index (χ3v) is 6.82. The van der Waals surface area contributed by atoms with E-state index >= 15 is 0 Å². The molecule has 2 aliphatic heterocycles. The van der Waals surface area contributed by atoms with Gasteiger partial charge in [-0.25, -0.2) is 8.78 Å². The van der Waals surface area contributed by atoms with Gasteiger partial charge in [0.1, 0.15) is 11.6 Å². The third-order valence-electron chi connectivity index (χ3n) is 6.82. The topological polar surface area (TPSA) is 71.8 Å². The van der Waals surface area contributed by atoms with Crippen LogP contribution in [-0.2, 0) is 24.1 Å². The van der Waals surface area contributed by atoms with Crippen molar-refractivity contribution in [1.29, 1.82) is 0 Å². The maximum Gasteiger partial charge on any atom is 0.276 e. The molecule has 8 heteroatoms. The van der Waals surface area contributed by atoms with Crippen LogP contribution in [0.2, 0.25) is 0 Å². The summed E-state index contributed by atoms with van der Waals surface area (Å²) in [6.45, 7) is 0.981. The molecule has 0 spiro atoms. The van der Waals surface area contributed by atoms with E-state index in [1.54, 1.807) is 15.7 Å². The van der Waals surface area contributed by atoms with Gasteiger partial charge in [0.05, 0.1) is 13.2 Å². The zero-order valence-corrected chi connectivity index (χ0v) is 17.0. The molecule has 3 atom stereocenters. The molecule has 1 saturated carbocycles. The van der Waals surface area contributed by atoms with Crippen molar-refractivity contribution in [2.45, 2.75) is 57.3 Å². The van der Waals surface area contributed by atoms with E-state index in [1.807, 2.05) is 0 Å². The monoisotopic (exact) mass is 430 g/mol. The van der Waals surface area contributed by atoms with Gasteiger partial charge in [-0.15, -0.1) is 0 Å². The van der Waals surface area contributed by atoms with E-state index in [2.05, 4.69) is 0 Å². The smallest absolute Gasteiger partial charge is 0.276 e. The van der Waals surface area contributed by atoms with Gasteiger partial charge in [0.2, 0.25) is 5.43 Å². The first kappa shape index (κ1) is 20.2. The first-order valence-electron chi connectivity index (χ1n) is 10.8. The number of aromatic nitrogens is 1. The highest BCUT2D eigenvalue weighted by Gasteiger charge is 2.47. The number of pyridine rings is 1. The van der Waals surface area contributed by atoms with Gasteiger partial charge in [0, 0.05) is 29.8 Å². The summed E-state index contributed by atoms with van der Waals surface area (Å²) < 4.78 is 34.5. The van der Waals surface area contributed by atoms with Crippen LogP contribution in [0.4, 0.5) is 8.78 Å². The fraction of sp³-hybridized carbons (Fsp3) is 0.478. The van der Waals surface area contributed by atoms with Gasteiger partial charge in [-0.2, -0.15) is 0 Å². The van der Waals surface area contributed by atoms with Crippen molar-refractivity contribution in [2.75, 3.05) is 6.61 Å². The van der Waals surface area contributed by atoms with Gasteiger partial charge in [-0.1, -0.05) is 12.5 Å². The lowest BCUT2D eigenvalue weighted by Gasteiger charge is -2.46. The van der Waals surface area contributed by atoms with E-state index in [1.165, 1.54) is 12.1 Å². The molecular formula is C23H24F2N2O4. The van der Waals surface area contributed by atoms with Gasteiger partial charge >= 0.3 is 0 Å². The van der Waals surface area contributed by atoms with Crippen LogP contribution in [0.1, 0.15) is 47.3 Å². The number of halogens is 2. The Bertz CT molecular complexity index is 1100. The summed E-state index contributed by atoms with van der Waals surface area (Å²) in [5.41, 5.74) is 0.181. The molecule has 1 aromatic carbocycles. The molecule has 6 nitrogen and oxygen atoms in total. The fourth-order valence-electron chi connectivity index (χ4n) is 5.27. The van der Waals surface area contributed by atoms with Gasteiger partial charge in [0.15, 0.2) is 17.7 Å². The predicted molar refractivity (Wildman–Crippen MR) is 108 cm³/mol. The van der Waals surface area contributed by atoms with E-state index < -0.39 is 29.0 Å². The Hall–Kier alpha value is -2.74. The van der Waals surface area contributed by atoms with Crippen LogP contribution in [0.25, 0.3) is 0 Å². The van der Waals surface area contributed by atoms with E-state index in [0.717, 1.165) is 25.3 Å². The number of nitrogens with zero attached hydrogens (tertiary/aromatic N) is 2. The molecule has 31 heavy (non-hydrogen) atoms. The molecule has 1 saturated heterocycles. The van der Waals surface area contributed by atoms with E-state index in [-0.39, 0.29) is 17.6 Å². The fourth-order valence-corrected chi connectivity index (χ4v) is 5.27. The molecule has 3 heterocycles. The second kappa shape index (κ2) is 7.75. The Balaban J connectivity index is 1.38. The first-order chi connectivity index (χ1) is 14.9. The zero-order chi connectivity index (χ0) is 21.7. The number of fused-ring (bicyclic) bond motifs is 4. The van der Waals surface area contributed by atoms with E-state index in [0.29, 0.717) is 49.5 Å². The molecular weight excluding hydrogens is 406 g/mol. The quantitative estimate of drug-likeness (QED) is 0.810. The summed E-state index contributed by atoms with van der Waals surface area (Å²) in [6.07, 6.45) is 5.27. The van der Waals surface area contributed by atoms with Crippen molar-refractivity contribution in [3.05, 3.63) is 63.1 Å². The van der Waals surface area contributed by atoms with Crippen molar-refractivity contribution < 1.29 is 23.4 Å². The lowest BCUT2D eigenvalue weighted by molar-refractivity contribution is -0.134. The number of benzene rings is 1. The molecule has 2 aromatic rings. The van der Waals surface area contributed by atoms with Gasteiger partial charge in [-0.05, 0) is 43.7 Å². The predicted octanol–water partition coefficient (Wildman–Crippen LogP) is 2.99. The molecule has 0 radical (unpaired) electrons. The van der Waals surface area contributed by atoms with Crippen LogP contribution in [0, 0.1) is 17.6 Å². The number of hydrogen-bond donors (Lipinski definition) is 1. The Morgan fingerprint density at radius 2 is 1.94 bits per heavy atom. The molecule has 0 bridgehead atoms. The number of aromatic hydroxyl groups is 1.